The van der Waals surface area contributed by atoms with Crippen LogP contribution >= 0.6 is 0 Å². The van der Waals surface area contributed by atoms with Gasteiger partial charge >= 0.3 is 0 Å². The largest absolute Gasteiger partial charge is 0.459 e. The first kappa shape index (κ1) is 10.8. The van der Waals surface area contributed by atoms with Crippen LogP contribution < -0.4 is 5.32 Å². The molecule has 0 radical (unpaired) electrons. The minimum atomic E-state index is 0.391. The molecular formula is C15H19NO. The van der Waals surface area contributed by atoms with Gasteiger partial charge in [0.1, 0.15) is 11.3 Å². The number of hydrogen-bond donors (Lipinski definition) is 1. The SMILES string of the molecule is CCNC(c1cc2ccccc2o1)C1CC1C. The standard InChI is InChI=1S/C15H19NO/c1-3-16-15(12-8-10(12)2)14-9-11-6-4-5-7-13(11)17-14/h4-7,9-10,12,15-16H,3,8H2,1-2H3. The number of nitrogens with one attached hydrogen (secondary N) is 1. The minimum Gasteiger partial charge on any atom is -0.459 e. The summed E-state index contributed by atoms with van der Waals surface area (Å²) in [6.45, 7) is 5.46. The molecule has 17 heavy (non-hydrogen) atoms. The van der Waals surface area contributed by atoms with Crippen LogP contribution in [0.25, 0.3) is 11.0 Å². The average Bonchev–Trinajstić information content (AvgIpc) is 2.91. The van der Waals surface area contributed by atoms with E-state index < -0.39 is 0 Å². The zero-order valence-corrected chi connectivity index (χ0v) is 10.4. The minimum absolute atomic E-state index is 0.391. The molecule has 2 aromatic rings. The lowest BCUT2D eigenvalue weighted by Crippen LogP contribution is -2.22. The van der Waals surface area contributed by atoms with Crippen molar-refractivity contribution in [1.29, 1.82) is 0 Å². The molecule has 1 aliphatic carbocycles. The molecule has 1 saturated carbocycles. The highest BCUT2D eigenvalue weighted by Gasteiger charge is 2.41. The monoisotopic (exact) mass is 229 g/mol. The Kier molecular flexibility index (Phi) is 2.67. The van der Waals surface area contributed by atoms with Gasteiger partial charge in [0.15, 0.2) is 0 Å². The molecule has 0 aliphatic heterocycles. The Hall–Kier alpha value is -1.28. The van der Waals surface area contributed by atoms with E-state index in [1.807, 2.05) is 12.1 Å². The summed E-state index contributed by atoms with van der Waals surface area (Å²) in [5.41, 5.74) is 0.999. The molecule has 0 saturated heterocycles. The third-order valence-corrected chi connectivity index (χ3v) is 3.78. The summed E-state index contributed by atoms with van der Waals surface area (Å²) in [5, 5.41) is 4.77. The predicted molar refractivity (Wildman–Crippen MR) is 69.9 cm³/mol. The summed E-state index contributed by atoms with van der Waals surface area (Å²) >= 11 is 0. The molecule has 1 aromatic heterocycles. The van der Waals surface area contributed by atoms with Crippen molar-refractivity contribution in [2.24, 2.45) is 11.8 Å². The molecule has 1 aliphatic rings. The van der Waals surface area contributed by atoms with E-state index >= 15 is 0 Å². The number of furan rings is 1. The van der Waals surface area contributed by atoms with E-state index in [0.717, 1.165) is 29.7 Å². The summed E-state index contributed by atoms with van der Waals surface area (Å²) in [6.07, 6.45) is 1.31. The van der Waals surface area contributed by atoms with E-state index in [2.05, 4.69) is 37.4 Å². The highest BCUT2D eigenvalue weighted by atomic mass is 16.3. The summed E-state index contributed by atoms with van der Waals surface area (Å²) in [5.74, 6) is 2.67. The van der Waals surface area contributed by atoms with E-state index in [1.165, 1.54) is 11.8 Å². The maximum Gasteiger partial charge on any atom is 0.134 e. The van der Waals surface area contributed by atoms with Crippen LogP contribution in [-0.4, -0.2) is 6.54 Å². The number of hydrogen-bond acceptors (Lipinski definition) is 2. The van der Waals surface area contributed by atoms with Gasteiger partial charge in [0, 0.05) is 5.39 Å². The number of rotatable bonds is 4. The molecule has 3 rings (SSSR count). The zero-order valence-electron chi connectivity index (χ0n) is 10.4. The molecule has 1 N–H and O–H groups in total. The summed E-state index contributed by atoms with van der Waals surface area (Å²) in [6, 6.07) is 10.8. The summed E-state index contributed by atoms with van der Waals surface area (Å²) in [7, 11) is 0. The lowest BCUT2D eigenvalue weighted by molar-refractivity contribution is 0.392. The Bertz CT molecular complexity index is 483. The molecule has 3 atom stereocenters. The molecule has 0 bridgehead atoms. The molecule has 3 unspecified atom stereocenters. The van der Waals surface area contributed by atoms with Gasteiger partial charge in [-0.2, -0.15) is 0 Å². The summed E-state index contributed by atoms with van der Waals surface area (Å²) < 4.78 is 5.97. The fourth-order valence-corrected chi connectivity index (χ4v) is 2.65. The van der Waals surface area contributed by atoms with Crippen molar-refractivity contribution in [3.05, 3.63) is 36.1 Å². The Morgan fingerprint density at radius 1 is 1.41 bits per heavy atom. The third-order valence-electron chi connectivity index (χ3n) is 3.78. The third kappa shape index (κ3) is 1.98. The highest BCUT2D eigenvalue weighted by Crippen LogP contribution is 2.47. The molecule has 2 nitrogen and oxygen atoms in total. The van der Waals surface area contributed by atoms with Gasteiger partial charge in [0.2, 0.25) is 0 Å². The molecule has 0 spiro atoms. The van der Waals surface area contributed by atoms with Crippen LogP contribution in [0.4, 0.5) is 0 Å². The molecule has 90 valence electrons. The fraction of sp³-hybridized carbons (Fsp3) is 0.467. The Balaban J connectivity index is 1.94. The van der Waals surface area contributed by atoms with E-state index in [-0.39, 0.29) is 0 Å². The van der Waals surface area contributed by atoms with Gasteiger partial charge in [-0.25, -0.2) is 0 Å². The molecule has 1 aromatic carbocycles. The molecule has 0 amide bonds. The first-order valence-electron chi connectivity index (χ1n) is 6.51. The van der Waals surface area contributed by atoms with Crippen molar-refractivity contribution in [1.82, 2.24) is 5.32 Å². The van der Waals surface area contributed by atoms with E-state index in [1.54, 1.807) is 0 Å². The normalized spacial score (nSPS) is 25.1. The smallest absolute Gasteiger partial charge is 0.134 e. The van der Waals surface area contributed by atoms with Gasteiger partial charge in [-0.3, -0.25) is 0 Å². The van der Waals surface area contributed by atoms with Crippen molar-refractivity contribution in [3.8, 4) is 0 Å². The topological polar surface area (TPSA) is 25.2 Å². The van der Waals surface area contributed by atoms with Gasteiger partial charge in [0.05, 0.1) is 6.04 Å². The van der Waals surface area contributed by atoms with Gasteiger partial charge in [-0.1, -0.05) is 32.0 Å². The molecule has 1 heterocycles. The summed E-state index contributed by atoms with van der Waals surface area (Å²) in [4.78, 5) is 0. The van der Waals surface area contributed by atoms with Crippen molar-refractivity contribution in [2.75, 3.05) is 6.54 Å². The first-order chi connectivity index (χ1) is 8.29. The van der Waals surface area contributed by atoms with Crippen LogP contribution in [0.15, 0.2) is 34.7 Å². The van der Waals surface area contributed by atoms with E-state index in [0.29, 0.717) is 6.04 Å². The number of benzene rings is 1. The van der Waals surface area contributed by atoms with Gasteiger partial charge in [0.25, 0.3) is 0 Å². The quantitative estimate of drug-likeness (QED) is 0.864. The fourth-order valence-electron chi connectivity index (χ4n) is 2.65. The molecular weight excluding hydrogens is 210 g/mol. The Morgan fingerprint density at radius 3 is 2.82 bits per heavy atom. The van der Waals surface area contributed by atoms with Gasteiger partial charge in [-0.15, -0.1) is 0 Å². The number of fused-ring (bicyclic) bond motifs is 1. The van der Waals surface area contributed by atoms with Crippen LogP contribution in [0.1, 0.15) is 32.1 Å². The lowest BCUT2D eigenvalue weighted by Gasteiger charge is -2.14. The predicted octanol–water partition coefficient (Wildman–Crippen LogP) is 3.74. The average molecular weight is 229 g/mol. The van der Waals surface area contributed by atoms with Crippen molar-refractivity contribution >= 4 is 11.0 Å². The van der Waals surface area contributed by atoms with E-state index in [4.69, 9.17) is 4.42 Å². The Morgan fingerprint density at radius 2 is 2.18 bits per heavy atom. The first-order valence-corrected chi connectivity index (χ1v) is 6.51. The Labute approximate surface area is 102 Å². The van der Waals surface area contributed by atoms with Crippen LogP contribution in [0.2, 0.25) is 0 Å². The van der Waals surface area contributed by atoms with Gasteiger partial charge in [-0.05, 0) is 36.9 Å². The number of para-hydroxylation sites is 1. The molecule has 1 fully saturated rings. The van der Waals surface area contributed by atoms with Gasteiger partial charge < -0.3 is 9.73 Å². The van der Waals surface area contributed by atoms with Crippen molar-refractivity contribution in [2.45, 2.75) is 26.3 Å². The lowest BCUT2D eigenvalue weighted by atomic mass is 10.1. The molecule has 2 heteroatoms. The van der Waals surface area contributed by atoms with E-state index in [9.17, 15) is 0 Å². The highest BCUT2D eigenvalue weighted by molar-refractivity contribution is 5.77. The van der Waals surface area contributed by atoms with Crippen molar-refractivity contribution < 1.29 is 4.42 Å². The zero-order chi connectivity index (χ0) is 11.8. The van der Waals surface area contributed by atoms with Crippen LogP contribution in [0, 0.1) is 11.8 Å². The maximum atomic E-state index is 5.97. The second-order valence-corrected chi connectivity index (χ2v) is 5.10. The van der Waals surface area contributed by atoms with Crippen molar-refractivity contribution in [3.63, 3.8) is 0 Å². The maximum absolute atomic E-state index is 5.97. The second-order valence-electron chi connectivity index (χ2n) is 5.10. The van der Waals surface area contributed by atoms with Crippen LogP contribution in [-0.2, 0) is 0 Å². The second kappa shape index (κ2) is 4.19. The van der Waals surface area contributed by atoms with Crippen LogP contribution in [0.3, 0.4) is 0 Å². The van der Waals surface area contributed by atoms with Crippen LogP contribution in [0.5, 0.6) is 0 Å².